The van der Waals surface area contributed by atoms with Gasteiger partial charge in [0.25, 0.3) is 0 Å². The van der Waals surface area contributed by atoms with Gasteiger partial charge in [-0.1, -0.05) is 30.9 Å². The van der Waals surface area contributed by atoms with E-state index in [1.54, 1.807) is 12.1 Å². The lowest BCUT2D eigenvalue weighted by Crippen LogP contribution is -2.14. The van der Waals surface area contributed by atoms with E-state index in [0.717, 1.165) is 31.5 Å². The number of benzene rings is 1. The Morgan fingerprint density at radius 1 is 1.29 bits per heavy atom. The van der Waals surface area contributed by atoms with Crippen LogP contribution in [0.25, 0.3) is 5.69 Å². The van der Waals surface area contributed by atoms with E-state index in [-0.39, 0.29) is 11.5 Å². The van der Waals surface area contributed by atoms with Gasteiger partial charge in [-0.2, -0.15) is 4.68 Å². The lowest BCUT2D eigenvalue weighted by Gasteiger charge is -2.20. The summed E-state index contributed by atoms with van der Waals surface area (Å²) in [5, 5.41) is 21.6. The summed E-state index contributed by atoms with van der Waals surface area (Å²) >= 11 is 6.00. The van der Waals surface area contributed by atoms with Crippen LogP contribution in [0.5, 0.6) is 0 Å². The van der Waals surface area contributed by atoms with Crippen LogP contribution < -0.4 is 0 Å². The summed E-state index contributed by atoms with van der Waals surface area (Å²) < 4.78 is 1.52. The zero-order chi connectivity index (χ0) is 14.8. The molecule has 0 unspecified atom stereocenters. The molecular weight excluding hydrogens is 292 g/mol. The van der Waals surface area contributed by atoms with E-state index in [0.29, 0.717) is 10.7 Å². The molecule has 1 aromatic carbocycles. The second kappa shape index (κ2) is 5.81. The molecule has 0 aliphatic heterocycles. The van der Waals surface area contributed by atoms with Crippen molar-refractivity contribution in [2.24, 2.45) is 0 Å². The third kappa shape index (κ3) is 2.76. The molecule has 1 N–H and O–H groups in total. The van der Waals surface area contributed by atoms with Crippen molar-refractivity contribution in [1.82, 2.24) is 20.2 Å². The maximum Gasteiger partial charge on any atom is 0.337 e. The van der Waals surface area contributed by atoms with Gasteiger partial charge < -0.3 is 5.11 Å². The second-order valence-electron chi connectivity index (χ2n) is 5.25. The molecule has 0 spiro atoms. The Bertz CT molecular complexity index is 665. The van der Waals surface area contributed by atoms with Crippen LogP contribution in [-0.2, 0) is 0 Å². The van der Waals surface area contributed by atoms with Gasteiger partial charge in [0.1, 0.15) is 0 Å². The minimum atomic E-state index is -1.02. The molecule has 1 aliphatic rings. The van der Waals surface area contributed by atoms with E-state index in [2.05, 4.69) is 15.5 Å². The van der Waals surface area contributed by atoms with Gasteiger partial charge in [0.2, 0.25) is 0 Å². The highest BCUT2D eigenvalue weighted by Gasteiger charge is 2.24. The number of hydrogen-bond donors (Lipinski definition) is 1. The first kappa shape index (κ1) is 14.0. The van der Waals surface area contributed by atoms with Crippen molar-refractivity contribution in [3.8, 4) is 5.69 Å². The van der Waals surface area contributed by atoms with Crippen LogP contribution in [0.3, 0.4) is 0 Å². The lowest BCUT2D eigenvalue weighted by atomic mass is 9.88. The summed E-state index contributed by atoms with van der Waals surface area (Å²) in [6.07, 6.45) is 5.60. The van der Waals surface area contributed by atoms with Crippen molar-refractivity contribution < 1.29 is 9.90 Å². The number of hydrogen-bond acceptors (Lipinski definition) is 4. The number of aromatic carboxylic acids is 1. The van der Waals surface area contributed by atoms with Crippen molar-refractivity contribution in [2.45, 2.75) is 38.0 Å². The molecule has 1 heterocycles. The maximum absolute atomic E-state index is 11.4. The Morgan fingerprint density at radius 2 is 2.05 bits per heavy atom. The molecule has 6 nitrogen and oxygen atoms in total. The summed E-state index contributed by atoms with van der Waals surface area (Å²) in [5.41, 5.74) is 0.560. The van der Waals surface area contributed by atoms with Crippen molar-refractivity contribution >= 4 is 17.6 Å². The predicted molar refractivity (Wildman–Crippen MR) is 76.9 cm³/mol. The van der Waals surface area contributed by atoms with Crippen LogP contribution in [0.4, 0.5) is 0 Å². The van der Waals surface area contributed by atoms with Gasteiger partial charge in [-0.25, -0.2) is 4.79 Å². The number of halogens is 1. The molecule has 0 amide bonds. The molecule has 1 fully saturated rings. The summed E-state index contributed by atoms with van der Waals surface area (Å²) in [5.74, 6) is -0.0272. The lowest BCUT2D eigenvalue weighted by molar-refractivity contribution is 0.0696. The van der Waals surface area contributed by atoms with Gasteiger partial charge in [-0.15, -0.1) is 5.10 Å². The van der Waals surface area contributed by atoms with E-state index in [1.165, 1.54) is 17.2 Å². The molecule has 0 radical (unpaired) electrons. The molecular formula is C14H15ClN4O2. The third-order valence-electron chi connectivity index (χ3n) is 3.88. The molecule has 0 saturated heterocycles. The van der Waals surface area contributed by atoms with Crippen molar-refractivity contribution in [3.63, 3.8) is 0 Å². The molecule has 1 saturated carbocycles. The molecule has 0 bridgehead atoms. The van der Waals surface area contributed by atoms with Crippen LogP contribution in [0.1, 0.15) is 54.2 Å². The fraction of sp³-hybridized carbons (Fsp3) is 0.429. The fourth-order valence-electron chi connectivity index (χ4n) is 2.84. The van der Waals surface area contributed by atoms with Gasteiger partial charge in [0, 0.05) is 10.9 Å². The fourth-order valence-corrected chi connectivity index (χ4v) is 3.01. The molecule has 0 atom stereocenters. The summed E-state index contributed by atoms with van der Waals surface area (Å²) in [6.45, 7) is 0. The largest absolute Gasteiger partial charge is 0.478 e. The minimum absolute atomic E-state index is 0.142. The quantitative estimate of drug-likeness (QED) is 0.942. The number of nitrogens with zero attached hydrogens (tertiary/aromatic N) is 4. The van der Waals surface area contributed by atoms with Crippen LogP contribution >= 0.6 is 11.6 Å². The van der Waals surface area contributed by atoms with Gasteiger partial charge in [-0.3, -0.25) is 0 Å². The van der Waals surface area contributed by atoms with Gasteiger partial charge >= 0.3 is 5.97 Å². The molecule has 7 heteroatoms. The minimum Gasteiger partial charge on any atom is -0.478 e. The predicted octanol–water partition coefficient (Wildman–Crippen LogP) is 3.06. The Labute approximate surface area is 126 Å². The summed E-state index contributed by atoms with van der Waals surface area (Å²) in [4.78, 5) is 11.4. The molecule has 110 valence electrons. The van der Waals surface area contributed by atoms with Crippen LogP contribution in [0.15, 0.2) is 18.2 Å². The third-order valence-corrected chi connectivity index (χ3v) is 4.12. The molecule has 1 aliphatic carbocycles. The molecule has 3 rings (SSSR count). The van der Waals surface area contributed by atoms with Crippen molar-refractivity contribution in [3.05, 3.63) is 34.6 Å². The van der Waals surface area contributed by atoms with E-state index < -0.39 is 5.97 Å². The first-order valence-corrected chi connectivity index (χ1v) is 7.36. The highest BCUT2D eigenvalue weighted by Crippen LogP contribution is 2.32. The Balaban J connectivity index is 2.07. The highest BCUT2D eigenvalue weighted by molar-refractivity contribution is 6.30. The van der Waals surface area contributed by atoms with Crippen LogP contribution in [0.2, 0.25) is 5.02 Å². The summed E-state index contributed by atoms with van der Waals surface area (Å²) in [7, 11) is 0. The second-order valence-corrected chi connectivity index (χ2v) is 5.69. The molecule has 1 aromatic heterocycles. The molecule has 2 aromatic rings. The zero-order valence-corrected chi connectivity index (χ0v) is 12.1. The van der Waals surface area contributed by atoms with Gasteiger partial charge in [-0.05, 0) is 41.5 Å². The average Bonchev–Trinajstić information content (AvgIpc) is 2.97. The first-order valence-electron chi connectivity index (χ1n) is 6.98. The smallest absolute Gasteiger partial charge is 0.337 e. The Kier molecular flexibility index (Phi) is 3.88. The number of rotatable bonds is 3. The Hall–Kier alpha value is -1.95. The average molecular weight is 307 g/mol. The number of carboxylic acids is 1. The van der Waals surface area contributed by atoms with Gasteiger partial charge in [0.05, 0.1) is 11.3 Å². The number of aromatic nitrogens is 4. The number of carbonyl (C=O) groups is 1. The normalized spacial score (nSPS) is 16.0. The topological polar surface area (TPSA) is 80.9 Å². The SMILES string of the molecule is O=C(O)c1ccc(Cl)cc1-n1nnnc1C1CCCCC1. The van der Waals surface area contributed by atoms with E-state index in [1.807, 2.05) is 0 Å². The first-order chi connectivity index (χ1) is 10.2. The van der Waals surface area contributed by atoms with Crippen LogP contribution in [-0.4, -0.2) is 31.3 Å². The number of carboxylic acid groups (broad SMARTS) is 1. The van der Waals surface area contributed by atoms with Crippen molar-refractivity contribution in [1.29, 1.82) is 0 Å². The zero-order valence-electron chi connectivity index (χ0n) is 11.4. The molecule has 21 heavy (non-hydrogen) atoms. The monoisotopic (exact) mass is 306 g/mol. The highest BCUT2D eigenvalue weighted by atomic mass is 35.5. The number of tetrazole rings is 1. The van der Waals surface area contributed by atoms with E-state index in [9.17, 15) is 9.90 Å². The standard InChI is InChI=1S/C14H15ClN4O2/c15-10-6-7-11(14(20)21)12(8-10)19-13(16-17-18-19)9-4-2-1-3-5-9/h6-9H,1-5H2,(H,20,21). The Morgan fingerprint density at radius 3 is 2.76 bits per heavy atom. The van der Waals surface area contributed by atoms with E-state index >= 15 is 0 Å². The van der Waals surface area contributed by atoms with Crippen molar-refractivity contribution in [2.75, 3.05) is 0 Å². The van der Waals surface area contributed by atoms with Crippen LogP contribution in [0, 0.1) is 0 Å². The van der Waals surface area contributed by atoms with E-state index in [4.69, 9.17) is 11.6 Å². The van der Waals surface area contributed by atoms with Gasteiger partial charge in [0.15, 0.2) is 5.82 Å². The maximum atomic E-state index is 11.4. The summed E-state index contributed by atoms with van der Waals surface area (Å²) in [6, 6.07) is 4.62.